The van der Waals surface area contributed by atoms with Gasteiger partial charge in [0, 0.05) is 17.2 Å². The predicted octanol–water partition coefficient (Wildman–Crippen LogP) is 1.53. The van der Waals surface area contributed by atoms with Gasteiger partial charge >= 0.3 is 5.97 Å². The number of carboxylic acid groups (broad SMARTS) is 1. The first kappa shape index (κ1) is 12.8. The van der Waals surface area contributed by atoms with Crippen molar-refractivity contribution in [3.8, 4) is 11.9 Å². The van der Waals surface area contributed by atoms with Gasteiger partial charge < -0.3 is 9.84 Å². The fourth-order valence-electron chi connectivity index (χ4n) is 1.30. The molecule has 5 nitrogen and oxygen atoms in total. The van der Waals surface area contributed by atoms with Gasteiger partial charge in [0.2, 0.25) is 5.88 Å². The SMILES string of the molecule is COc1cc(C(F)F)c(CC(=O)O)c(C#N)n1. The molecule has 1 rings (SSSR count). The number of halogens is 2. The Morgan fingerprint density at radius 3 is 2.76 bits per heavy atom. The van der Waals surface area contributed by atoms with Crippen LogP contribution in [-0.4, -0.2) is 23.2 Å². The molecule has 0 aromatic carbocycles. The third-order valence-electron chi connectivity index (χ3n) is 2.01. The summed E-state index contributed by atoms with van der Waals surface area (Å²) in [5.74, 6) is -1.46. The molecule has 0 saturated carbocycles. The number of methoxy groups -OCH3 is 1. The maximum Gasteiger partial charge on any atom is 0.307 e. The fraction of sp³-hybridized carbons (Fsp3) is 0.300. The Morgan fingerprint density at radius 2 is 2.35 bits per heavy atom. The number of aliphatic carboxylic acids is 1. The lowest BCUT2D eigenvalue weighted by molar-refractivity contribution is -0.136. The molecule has 0 aliphatic heterocycles. The average molecular weight is 242 g/mol. The minimum Gasteiger partial charge on any atom is -0.481 e. The van der Waals surface area contributed by atoms with Gasteiger partial charge in [-0.1, -0.05) is 0 Å². The Morgan fingerprint density at radius 1 is 1.71 bits per heavy atom. The summed E-state index contributed by atoms with van der Waals surface area (Å²) in [6.07, 6.45) is -3.58. The smallest absolute Gasteiger partial charge is 0.307 e. The molecular weight excluding hydrogens is 234 g/mol. The summed E-state index contributed by atoms with van der Waals surface area (Å²) in [4.78, 5) is 14.2. The minimum absolute atomic E-state index is 0.147. The zero-order chi connectivity index (χ0) is 13.0. The van der Waals surface area contributed by atoms with E-state index in [1.54, 1.807) is 6.07 Å². The number of hydrogen-bond acceptors (Lipinski definition) is 4. The number of nitrogens with zero attached hydrogens (tertiary/aromatic N) is 2. The topological polar surface area (TPSA) is 83.2 Å². The van der Waals surface area contributed by atoms with Gasteiger partial charge in [-0.3, -0.25) is 4.79 Å². The standard InChI is InChI=1S/C10H8F2N2O3/c1-17-8-2-6(10(11)12)5(3-9(15)16)7(4-13)14-8/h2,10H,3H2,1H3,(H,15,16). The third kappa shape index (κ3) is 2.87. The molecule has 1 aromatic heterocycles. The molecule has 0 fully saturated rings. The first-order valence-electron chi connectivity index (χ1n) is 4.47. The first-order chi connectivity index (χ1) is 7.99. The molecule has 1 N–H and O–H groups in total. The molecule has 1 aromatic rings. The van der Waals surface area contributed by atoms with Crippen LogP contribution < -0.4 is 4.74 Å². The molecule has 0 radical (unpaired) electrons. The third-order valence-corrected chi connectivity index (χ3v) is 2.01. The summed E-state index contributed by atoms with van der Waals surface area (Å²) in [7, 11) is 1.22. The van der Waals surface area contributed by atoms with E-state index in [0.717, 1.165) is 6.07 Å². The molecule has 0 bridgehead atoms. The molecular formula is C10H8F2N2O3. The summed E-state index contributed by atoms with van der Waals surface area (Å²) in [5, 5.41) is 17.4. The number of rotatable bonds is 4. The Labute approximate surface area is 95.3 Å². The average Bonchev–Trinajstić information content (AvgIpc) is 2.28. The largest absolute Gasteiger partial charge is 0.481 e. The summed E-state index contributed by atoms with van der Waals surface area (Å²) >= 11 is 0. The number of hydrogen-bond donors (Lipinski definition) is 1. The van der Waals surface area contributed by atoms with Crippen LogP contribution in [0.5, 0.6) is 5.88 Å². The van der Waals surface area contributed by atoms with Crippen molar-refractivity contribution in [2.75, 3.05) is 7.11 Å². The van der Waals surface area contributed by atoms with Crippen LogP contribution in [0, 0.1) is 11.3 Å². The Balaban J connectivity index is 3.42. The lowest BCUT2D eigenvalue weighted by Crippen LogP contribution is -2.09. The van der Waals surface area contributed by atoms with E-state index in [9.17, 15) is 13.6 Å². The summed E-state index contributed by atoms with van der Waals surface area (Å²) < 4.78 is 30.1. The van der Waals surface area contributed by atoms with E-state index in [2.05, 4.69) is 9.72 Å². The van der Waals surface area contributed by atoms with E-state index < -0.39 is 24.4 Å². The summed E-state index contributed by atoms with van der Waals surface area (Å²) in [5.41, 5.74) is -1.19. The van der Waals surface area contributed by atoms with E-state index >= 15 is 0 Å². The molecule has 0 unspecified atom stereocenters. The van der Waals surface area contributed by atoms with Crippen molar-refractivity contribution in [2.24, 2.45) is 0 Å². The van der Waals surface area contributed by atoms with Gasteiger partial charge in [-0.05, 0) is 0 Å². The molecule has 0 aliphatic rings. The van der Waals surface area contributed by atoms with Crippen molar-refractivity contribution in [1.82, 2.24) is 4.98 Å². The summed E-state index contributed by atoms with van der Waals surface area (Å²) in [6, 6.07) is 2.52. The van der Waals surface area contributed by atoms with Crippen LogP contribution in [-0.2, 0) is 11.2 Å². The molecule has 0 aliphatic carbocycles. The van der Waals surface area contributed by atoms with E-state index in [4.69, 9.17) is 10.4 Å². The maximum absolute atomic E-state index is 12.7. The number of alkyl halides is 2. The van der Waals surface area contributed by atoms with Crippen LogP contribution in [0.3, 0.4) is 0 Å². The van der Waals surface area contributed by atoms with Gasteiger partial charge in [0.05, 0.1) is 13.5 Å². The van der Waals surface area contributed by atoms with Crippen LogP contribution in [0.25, 0.3) is 0 Å². The molecule has 17 heavy (non-hydrogen) atoms. The van der Waals surface area contributed by atoms with Crippen molar-refractivity contribution in [3.63, 3.8) is 0 Å². The number of carboxylic acids is 1. The zero-order valence-electron chi connectivity index (χ0n) is 8.78. The molecule has 1 heterocycles. The lowest BCUT2D eigenvalue weighted by Gasteiger charge is -2.10. The monoisotopic (exact) mass is 242 g/mol. The molecule has 0 atom stereocenters. The van der Waals surface area contributed by atoms with Gasteiger partial charge in [-0.15, -0.1) is 0 Å². The highest BCUT2D eigenvalue weighted by atomic mass is 19.3. The second-order valence-electron chi connectivity index (χ2n) is 3.06. The number of carbonyl (C=O) groups is 1. The Kier molecular flexibility index (Phi) is 3.93. The first-order valence-corrected chi connectivity index (χ1v) is 4.47. The quantitative estimate of drug-likeness (QED) is 0.865. The van der Waals surface area contributed by atoms with Crippen molar-refractivity contribution in [3.05, 3.63) is 22.9 Å². The van der Waals surface area contributed by atoms with Crippen molar-refractivity contribution in [2.45, 2.75) is 12.8 Å². The van der Waals surface area contributed by atoms with Gasteiger partial charge in [-0.2, -0.15) is 5.26 Å². The normalized spacial score (nSPS) is 10.1. The van der Waals surface area contributed by atoms with E-state index in [0.29, 0.717) is 0 Å². The summed E-state index contributed by atoms with van der Waals surface area (Å²) in [6.45, 7) is 0. The number of nitriles is 1. The number of aromatic nitrogens is 1. The Bertz CT molecular complexity index is 483. The molecule has 7 heteroatoms. The van der Waals surface area contributed by atoms with Crippen molar-refractivity contribution < 1.29 is 23.4 Å². The molecule has 0 saturated heterocycles. The molecule has 90 valence electrons. The molecule has 0 amide bonds. The van der Waals surface area contributed by atoms with E-state index in [-0.39, 0.29) is 17.1 Å². The number of pyridine rings is 1. The van der Waals surface area contributed by atoms with Crippen molar-refractivity contribution >= 4 is 5.97 Å². The second-order valence-corrected chi connectivity index (χ2v) is 3.06. The van der Waals surface area contributed by atoms with Crippen LogP contribution in [0.4, 0.5) is 8.78 Å². The van der Waals surface area contributed by atoms with Crippen LogP contribution in [0.1, 0.15) is 23.2 Å². The second kappa shape index (κ2) is 5.21. The van der Waals surface area contributed by atoms with Crippen molar-refractivity contribution in [1.29, 1.82) is 5.26 Å². The van der Waals surface area contributed by atoms with Crippen LogP contribution in [0.2, 0.25) is 0 Å². The highest BCUT2D eigenvalue weighted by molar-refractivity contribution is 5.72. The van der Waals surface area contributed by atoms with E-state index in [1.807, 2.05) is 0 Å². The van der Waals surface area contributed by atoms with Crippen LogP contribution in [0.15, 0.2) is 6.07 Å². The van der Waals surface area contributed by atoms with Gasteiger partial charge in [0.1, 0.15) is 11.8 Å². The Hall–Kier alpha value is -2.23. The number of ether oxygens (including phenoxy) is 1. The van der Waals surface area contributed by atoms with Gasteiger partial charge in [-0.25, -0.2) is 13.8 Å². The highest BCUT2D eigenvalue weighted by Crippen LogP contribution is 2.28. The maximum atomic E-state index is 12.7. The molecule has 0 spiro atoms. The zero-order valence-corrected chi connectivity index (χ0v) is 8.78. The lowest BCUT2D eigenvalue weighted by atomic mass is 10.0. The van der Waals surface area contributed by atoms with E-state index in [1.165, 1.54) is 7.11 Å². The predicted molar refractivity (Wildman–Crippen MR) is 51.8 cm³/mol. The minimum atomic E-state index is -2.90. The van der Waals surface area contributed by atoms with Gasteiger partial charge in [0.25, 0.3) is 6.43 Å². The highest BCUT2D eigenvalue weighted by Gasteiger charge is 2.21. The van der Waals surface area contributed by atoms with Gasteiger partial charge in [0.15, 0.2) is 0 Å². The fourth-order valence-corrected chi connectivity index (χ4v) is 1.30. The van der Waals surface area contributed by atoms with Crippen LogP contribution >= 0.6 is 0 Å².